The molecule has 0 amide bonds. The van der Waals surface area contributed by atoms with Crippen molar-refractivity contribution in [3.05, 3.63) is 36.7 Å². The van der Waals surface area contributed by atoms with Gasteiger partial charge in [-0.1, -0.05) is 0 Å². The minimum atomic E-state index is 0.344. The summed E-state index contributed by atoms with van der Waals surface area (Å²) in [5, 5.41) is 12.9. The van der Waals surface area contributed by atoms with Crippen LogP contribution < -0.4 is 5.32 Å². The number of hydrogen-bond donors (Lipinski definition) is 1. The Balaban J connectivity index is 2.02. The van der Waals surface area contributed by atoms with E-state index in [1.807, 2.05) is 36.0 Å². The van der Waals surface area contributed by atoms with E-state index in [9.17, 15) is 0 Å². The number of pyridine rings is 1. The number of hydrogen-bond acceptors (Lipinski definition) is 4. The lowest BCUT2D eigenvalue weighted by atomic mass is 10.1. The van der Waals surface area contributed by atoms with Crippen LogP contribution in [0.3, 0.4) is 0 Å². The fourth-order valence-corrected chi connectivity index (χ4v) is 2.24. The van der Waals surface area contributed by atoms with Gasteiger partial charge in [-0.3, -0.25) is 0 Å². The Kier molecular flexibility index (Phi) is 3.10. The molecule has 0 atom stereocenters. The van der Waals surface area contributed by atoms with Gasteiger partial charge in [0.25, 0.3) is 0 Å². The Morgan fingerprint density at radius 1 is 1.10 bits per heavy atom. The first-order valence-electron chi connectivity index (χ1n) is 6.66. The van der Waals surface area contributed by atoms with Gasteiger partial charge in [0.2, 0.25) is 0 Å². The topological polar surface area (TPSA) is 55.6 Å². The zero-order valence-corrected chi connectivity index (χ0v) is 11.8. The largest absolute Gasteiger partial charge is 0.366 e. The summed E-state index contributed by atoms with van der Waals surface area (Å²) in [6, 6.07) is 8.32. The van der Waals surface area contributed by atoms with Gasteiger partial charge >= 0.3 is 0 Å². The van der Waals surface area contributed by atoms with Crippen molar-refractivity contribution in [3.63, 3.8) is 0 Å². The molecule has 0 aliphatic heterocycles. The Morgan fingerprint density at radius 2 is 1.95 bits per heavy atom. The van der Waals surface area contributed by atoms with Crippen molar-refractivity contribution < 1.29 is 0 Å². The van der Waals surface area contributed by atoms with Crippen molar-refractivity contribution in [1.29, 1.82) is 0 Å². The van der Waals surface area contributed by atoms with E-state index in [-0.39, 0.29) is 0 Å². The molecule has 0 bridgehead atoms. The van der Waals surface area contributed by atoms with E-state index in [1.54, 1.807) is 6.20 Å². The number of aromatic nitrogens is 4. The van der Waals surface area contributed by atoms with Crippen LogP contribution in [0.5, 0.6) is 0 Å². The van der Waals surface area contributed by atoms with Crippen molar-refractivity contribution in [3.8, 4) is 11.3 Å². The van der Waals surface area contributed by atoms with Crippen LogP contribution in [-0.2, 0) is 7.05 Å². The predicted octanol–water partition coefficient (Wildman–Crippen LogP) is 2.85. The SMILES string of the molecule is CC(C)Nc1ccc(-c2ccnc3c2ccn3C)nn1. The van der Waals surface area contributed by atoms with Crippen LogP contribution in [0, 0.1) is 0 Å². The quantitative estimate of drug-likeness (QED) is 0.792. The summed E-state index contributed by atoms with van der Waals surface area (Å²) in [7, 11) is 1.99. The third kappa shape index (κ3) is 2.22. The number of fused-ring (bicyclic) bond motifs is 1. The minimum absolute atomic E-state index is 0.344. The normalized spacial score (nSPS) is 11.2. The zero-order valence-electron chi connectivity index (χ0n) is 11.8. The molecule has 3 rings (SSSR count). The summed E-state index contributed by atoms with van der Waals surface area (Å²) in [5.74, 6) is 0.794. The third-order valence-corrected chi connectivity index (χ3v) is 3.15. The molecule has 0 fully saturated rings. The molecule has 0 spiro atoms. The Labute approximate surface area is 117 Å². The maximum absolute atomic E-state index is 4.39. The predicted molar refractivity (Wildman–Crippen MR) is 80.5 cm³/mol. The Morgan fingerprint density at radius 3 is 2.65 bits per heavy atom. The summed E-state index contributed by atoms with van der Waals surface area (Å²) >= 11 is 0. The number of rotatable bonds is 3. The van der Waals surface area contributed by atoms with Crippen LogP contribution in [-0.4, -0.2) is 25.8 Å². The summed E-state index contributed by atoms with van der Waals surface area (Å²) in [6.45, 7) is 4.15. The summed E-state index contributed by atoms with van der Waals surface area (Å²) in [6.07, 6.45) is 3.81. The number of nitrogens with zero attached hydrogens (tertiary/aromatic N) is 4. The molecule has 20 heavy (non-hydrogen) atoms. The van der Waals surface area contributed by atoms with Gasteiger partial charge in [-0.05, 0) is 38.1 Å². The summed E-state index contributed by atoms with van der Waals surface area (Å²) in [4.78, 5) is 4.39. The summed E-state index contributed by atoms with van der Waals surface area (Å²) < 4.78 is 2.00. The second kappa shape index (κ2) is 4.92. The molecule has 0 aliphatic rings. The lowest BCUT2D eigenvalue weighted by Gasteiger charge is -2.08. The standard InChI is InChI=1S/C15H17N5/c1-10(2)17-14-5-4-13(18-19-14)11-6-8-16-15-12(11)7-9-20(15)3/h4-10H,1-3H3,(H,17,19). The lowest BCUT2D eigenvalue weighted by molar-refractivity contribution is 0.875. The maximum atomic E-state index is 4.39. The molecular weight excluding hydrogens is 250 g/mol. The molecule has 0 aromatic carbocycles. The maximum Gasteiger partial charge on any atom is 0.148 e. The van der Waals surface area contributed by atoms with Crippen molar-refractivity contribution in [2.45, 2.75) is 19.9 Å². The first-order valence-corrected chi connectivity index (χ1v) is 6.66. The second-order valence-corrected chi connectivity index (χ2v) is 5.13. The highest BCUT2D eigenvalue weighted by atomic mass is 15.2. The first kappa shape index (κ1) is 12.6. The van der Waals surface area contributed by atoms with Gasteiger partial charge in [0, 0.05) is 36.4 Å². The molecule has 5 nitrogen and oxygen atoms in total. The van der Waals surface area contributed by atoms with Gasteiger partial charge in [-0.25, -0.2) is 4.98 Å². The molecule has 3 aromatic heterocycles. The number of anilines is 1. The fraction of sp³-hybridized carbons (Fsp3) is 0.267. The molecule has 3 aromatic rings. The van der Waals surface area contributed by atoms with Gasteiger partial charge in [0.15, 0.2) is 0 Å². The van der Waals surface area contributed by atoms with Gasteiger partial charge in [0.05, 0.1) is 5.69 Å². The van der Waals surface area contributed by atoms with Crippen molar-refractivity contribution >= 4 is 16.9 Å². The van der Waals surface area contributed by atoms with Gasteiger partial charge in [0.1, 0.15) is 11.5 Å². The second-order valence-electron chi connectivity index (χ2n) is 5.13. The first-order chi connectivity index (χ1) is 9.65. The molecule has 0 saturated carbocycles. The number of aryl methyl sites for hydroxylation is 1. The van der Waals surface area contributed by atoms with Crippen LogP contribution in [0.15, 0.2) is 36.7 Å². The zero-order chi connectivity index (χ0) is 14.1. The third-order valence-electron chi connectivity index (χ3n) is 3.15. The van der Waals surface area contributed by atoms with Gasteiger partial charge in [-0.15, -0.1) is 10.2 Å². The average molecular weight is 267 g/mol. The van der Waals surface area contributed by atoms with Crippen molar-refractivity contribution in [1.82, 2.24) is 19.7 Å². The van der Waals surface area contributed by atoms with E-state index in [0.29, 0.717) is 6.04 Å². The van der Waals surface area contributed by atoms with E-state index < -0.39 is 0 Å². The molecule has 0 unspecified atom stereocenters. The van der Waals surface area contributed by atoms with Crippen LogP contribution in [0.2, 0.25) is 0 Å². The molecule has 0 aliphatic carbocycles. The molecular formula is C15H17N5. The van der Waals surface area contributed by atoms with E-state index in [2.05, 4.69) is 40.4 Å². The van der Waals surface area contributed by atoms with Gasteiger partial charge < -0.3 is 9.88 Å². The molecule has 102 valence electrons. The monoisotopic (exact) mass is 267 g/mol. The van der Waals surface area contributed by atoms with E-state index >= 15 is 0 Å². The lowest BCUT2D eigenvalue weighted by Crippen LogP contribution is -2.11. The van der Waals surface area contributed by atoms with Crippen LogP contribution >= 0.6 is 0 Å². The minimum Gasteiger partial charge on any atom is -0.366 e. The average Bonchev–Trinajstić information content (AvgIpc) is 2.81. The molecule has 0 saturated heterocycles. The highest BCUT2D eigenvalue weighted by Crippen LogP contribution is 2.26. The van der Waals surface area contributed by atoms with Crippen LogP contribution in [0.25, 0.3) is 22.3 Å². The molecule has 0 radical (unpaired) electrons. The highest BCUT2D eigenvalue weighted by molar-refractivity contribution is 5.92. The van der Waals surface area contributed by atoms with Crippen LogP contribution in [0.1, 0.15) is 13.8 Å². The Bertz CT molecular complexity index is 728. The smallest absolute Gasteiger partial charge is 0.148 e. The summed E-state index contributed by atoms with van der Waals surface area (Å²) in [5.41, 5.74) is 2.87. The fourth-order valence-electron chi connectivity index (χ4n) is 2.24. The highest BCUT2D eigenvalue weighted by Gasteiger charge is 2.09. The van der Waals surface area contributed by atoms with E-state index in [1.165, 1.54) is 0 Å². The van der Waals surface area contributed by atoms with Crippen molar-refractivity contribution in [2.24, 2.45) is 7.05 Å². The van der Waals surface area contributed by atoms with E-state index in [0.717, 1.165) is 28.1 Å². The van der Waals surface area contributed by atoms with Crippen LogP contribution in [0.4, 0.5) is 5.82 Å². The van der Waals surface area contributed by atoms with Crippen molar-refractivity contribution in [2.75, 3.05) is 5.32 Å². The number of nitrogens with one attached hydrogen (secondary N) is 1. The Hall–Kier alpha value is -2.43. The van der Waals surface area contributed by atoms with Gasteiger partial charge in [-0.2, -0.15) is 0 Å². The molecule has 5 heteroatoms. The molecule has 1 N–H and O–H groups in total. The van der Waals surface area contributed by atoms with E-state index in [4.69, 9.17) is 0 Å². The molecule has 3 heterocycles.